The number of ether oxygens (including phenoxy) is 4. The standard InChI is InChI=1S/C37H56O12/c1-20-12-11-13-29(46-9)36(49-37(45)31(47-10)18-21(2)17-23(4)34(43)22(3)16-20)26(7)35(44)25(6)28(39)19-30(24(5)27(8)38)48-33(42)15-14-32(40)41/h11-15,17-18,22-27,29-30,34-36,38,43-44H,16,19H2,1-10H3,(H,40,41)/b13-11+,15-14+,20-12+,21-17+,31-18+/t22-,23-,24-,25+,26-,27+,29-,30+,34-,35-,36+/m1/s1. The third-order valence-corrected chi connectivity index (χ3v) is 9.05. The first-order chi connectivity index (χ1) is 22.8. The summed E-state index contributed by atoms with van der Waals surface area (Å²) in [6.07, 6.45) is 4.15. The number of methoxy groups -OCH3 is 2. The van der Waals surface area contributed by atoms with Crippen LogP contribution in [0.5, 0.6) is 0 Å². The number of ketones is 1. The Morgan fingerprint density at radius 2 is 1.69 bits per heavy atom. The average Bonchev–Trinajstić information content (AvgIpc) is 3.04. The highest BCUT2D eigenvalue weighted by Crippen LogP contribution is 2.28. The molecule has 0 aromatic heterocycles. The third kappa shape index (κ3) is 14.1. The van der Waals surface area contributed by atoms with Crippen molar-refractivity contribution in [2.24, 2.45) is 29.6 Å². The second-order valence-electron chi connectivity index (χ2n) is 13.2. The minimum absolute atomic E-state index is 0.0551. The van der Waals surface area contributed by atoms with E-state index < -0.39 is 78.1 Å². The quantitative estimate of drug-likeness (QED) is 0.160. The van der Waals surface area contributed by atoms with Gasteiger partial charge in [-0.05, 0) is 39.2 Å². The molecule has 4 N–H and O–H groups in total. The van der Waals surface area contributed by atoms with E-state index in [1.54, 1.807) is 32.9 Å². The molecule has 1 aliphatic heterocycles. The first-order valence-electron chi connectivity index (χ1n) is 16.5. The minimum Gasteiger partial charge on any atom is -0.490 e. The molecule has 49 heavy (non-hydrogen) atoms. The highest BCUT2D eigenvalue weighted by atomic mass is 16.6. The van der Waals surface area contributed by atoms with Crippen molar-refractivity contribution in [1.82, 2.24) is 0 Å². The summed E-state index contributed by atoms with van der Waals surface area (Å²) < 4.78 is 22.3. The normalized spacial score (nSPS) is 30.4. The summed E-state index contributed by atoms with van der Waals surface area (Å²) in [6.45, 7) is 13.7. The fourth-order valence-electron chi connectivity index (χ4n) is 5.69. The van der Waals surface area contributed by atoms with Crippen LogP contribution in [-0.4, -0.2) is 95.0 Å². The van der Waals surface area contributed by atoms with Gasteiger partial charge in [0.2, 0.25) is 5.76 Å². The number of carbonyl (C=O) groups is 4. The number of rotatable bonds is 13. The molecular weight excluding hydrogens is 636 g/mol. The molecule has 276 valence electrons. The van der Waals surface area contributed by atoms with E-state index in [4.69, 9.17) is 24.1 Å². The van der Waals surface area contributed by atoms with E-state index in [0.29, 0.717) is 24.1 Å². The number of hydrogen-bond donors (Lipinski definition) is 4. The summed E-state index contributed by atoms with van der Waals surface area (Å²) in [5, 5.41) is 41.4. The van der Waals surface area contributed by atoms with Gasteiger partial charge in [-0.1, -0.05) is 70.1 Å². The molecule has 0 radical (unpaired) electrons. The van der Waals surface area contributed by atoms with Crippen LogP contribution in [0.3, 0.4) is 0 Å². The fraction of sp³-hybridized carbons (Fsp3) is 0.622. The Morgan fingerprint density at radius 1 is 1.06 bits per heavy atom. The number of carboxylic acids is 1. The molecule has 0 saturated heterocycles. The monoisotopic (exact) mass is 692 g/mol. The highest BCUT2D eigenvalue weighted by Gasteiger charge is 2.39. The second-order valence-corrected chi connectivity index (χ2v) is 13.2. The maximum absolute atomic E-state index is 13.5. The average molecular weight is 693 g/mol. The molecule has 0 amide bonds. The first kappa shape index (κ1) is 43.4. The van der Waals surface area contributed by atoms with Crippen LogP contribution in [-0.2, 0) is 38.1 Å². The molecule has 0 saturated carbocycles. The largest absolute Gasteiger partial charge is 0.490 e. The van der Waals surface area contributed by atoms with Crippen molar-refractivity contribution in [2.75, 3.05) is 14.2 Å². The number of aliphatic carboxylic acids is 1. The number of allylic oxidation sites excluding steroid dienone is 5. The number of esters is 2. The Hall–Kier alpha value is -3.58. The molecule has 1 heterocycles. The fourth-order valence-corrected chi connectivity index (χ4v) is 5.69. The lowest BCUT2D eigenvalue weighted by atomic mass is 9.82. The number of carboxylic acid groups (broad SMARTS) is 1. The van der Waals surface area contributed by atoms with Crippen LogP contribution in [0.15, 0.2) is 59.4 Å². The third-order valence-electron chi connectivity index (χ3n) is 9.05. The van der Waals surface area contributed by atoms with Gasteiger partial charge in [0.1, 0.15) is 24.1 Å². The summed E-state index contributed by atoms with van der Waals surface area (Å²) in [6, 6.07) is 0. The minimum atomic E-state index is -1.37. The molecule has 0 aliphatic carbocycles. The zero-order valence-corrected chi connectivity index (χ0v) is 30.4. The number of aliphatic hydroxyl groups is 3. The van der Waals surface area contributed by atoms with E-state index >= 15 is 0 Å². The van der Waals surface area contributed by atoms with Gasteiger partial charge in [-0.15, -0.1) is 0 Å². The zero-order chi connectivity index (χ0) is 37.6. The maximum Gasteiger partial charge on any atom is 0.373 e. The van der Waals surface area contributed by atoms with Crippen LogP contribution in [0.25, 0.3) is 0 Å². The highest BCUT2D eigenvalue weighted by molar-refractivity contribution is 5.91. The van der Waals surface area contributed by atoms with E-state index in [-0.39, 0.29) is 24.0 Å². The van der Waals surface area contributed by atoms with Crippen molar-refractivity contribution in [3.05, 3.63) is 59.4 Å². The molecular formula is C37H56O12. The zero-order valence-electron chi connectivity index (χ0n) is 30.4. The number of cyclic esters (lactones) is 1. The lowest BCUT2D eigenvalue weighted by Gasteiger charge is -2.34. The molecule has 0 fully saturated rings. The topological polar surface area (TPSA) is 186 Å². The Morgan fingerprint density at radius 3 is 2.24 bits per heavy atom. The van der Waals surface area contributed by atoms with Crippen molar-refractivity contribution >= 4 is 23.7 Å². The van der Waals surface area contributed by atoms with Crippen molar-refractivity contribution in [1.29, 1.82) is 0 Å². The Kier molecular flexibility index (Phi) is 18.5. The Labute approximate surface area is 290 Å². The van der Waals surface area contributed by atoms with Crippen LogP contribution >= 0.6 is 0 Å². The molecule has 0 unspecified atom stereocenters. The van der Waals surface area contributed by atoms with Crippen molar-refractivity contribution in [3.8, 4) is 0 Å². The summed E-state index contributed by atoms with van der Waals surface area (Å²) in [4.78, 5) is 50.0. The van der Waals surface area contributed by atoms with Crippen LogP contribution in [0.2, 0.25) is 0 Å². The number of Topliss-reactive ketones (excluding diaryl/α,β-unsaturated/α-hetero) is 1. The predicted octanol–water partition coefficient (Wildman–Crippen LogP) is 4.09. The van der Waals surface area contributed by atoms with Crippen LogP contribution in [0.1, 0.15) is 68.2 Å². The van der Waals surface area contributed by atoms with Crippen LogP contribution < -0.4 is 0 Å². The van der Waals surface area contributed by atoms with Crippen molar-refractivity contribution in [2.45, 2.75) is 105 Å². The Balaban J connectivity index is 3.49. The predicted molar refractivity (Wildman–Crippen MR) is 183 cm³/mol. The second kappa shape index (κ2) is 20.8. The van der Waals surface area contributed by atoms with E-state index in [1.807, 2.05) is 32.9 Å². The molecule has 0 spiro atoms. The van der Waals surface area contributed by atoms with Gasteiger partial charge in [0.25, 0.3) is 0 Å². The summed E-state index contributed by atoms with van der Waals surface area (Å²) in [5.41, 5.74) is 1.67. The number of aliphatic hydroxyl groups excluding tert-OH is 3. The van der Waals surface area contributed by atoms with Crippen LogP contribution in [0, 0.1) is 29.6 Å². The van der Waals surface area contributed by atoms with E-state index in [2.05, 4.69) is 0 Å². The van der Waals surface area contributed by atoms with E-state index in [9.17, 15) is 34.5 Å². The molecule has 0 aromatic carbocycles. The SMILES string of the molecule is CO/C1=C/C(C)=C/[C@@H](C)[C@H](O)[C@H](C)C/C(C)=C/C=C/[C@@H](OC)[C@H]([C@H](C)[C@H](O)[C@@H](C)C(=O)C[C@H](OC(=O)/C=C/C(=O)O)[C@H](C)[C@H](C)O)OC1=O. The molecule has 11 atom stereocenters. The number of carbonyl (C=O) groups excluding carboxylic acids is 3. The van der Waals surface area contributed by atoms with Crippen LogP contribution in [0.4, 0.5) is 0 Å². The molecule has 1 rings (SSSR count). The molecule has 12 heteroatoms. The van der Waals surface area contributed by atoms with E-state index in [1.165, 1.54) is 34.1 Å². The van der Waals surface area contributed by atoms with Gasteiger partial charge in [-0.25, -0.2) is 14.4 Å². The van der Waals surface area contributed by atoms with Gasteiger partial charge < -0.3 is 39.4 Å². The summed E-state index contributed by atoms with van der Waals surface area (Å²) >= 11 is 0. The molecule has 0 bridgehead atoms. The molecule has 0 aromatic rings. The van der Waals surface area contributed by atoms with Gasteiger partial charge in [-0.2, -0.15) is 0 Å². The van der Waals surface area contributed by atoms with E-state index in [0.717, 1.165) is 5.57 Å². The van der Waals surface area contributed by atoms with Crippen molar-refractivity contribution in [3.63, 3.8) is 0 Å². The lowest BCUT2D eigenvalue weighted by molar-refractivity contribution is -0.162. The summed E-state index contributed by atoms with van der Waals surface area (Å²) in [7, 11) is 2.75. The van der Waals surface area contributed by atoms with Gasteiger partial charge in [-0.3, -0.25) is 4.79 Å². The van der Waals surface area contributed by atoms with Gasteiger partial charge in [0, 0.05) is 49.4 Å². The maximum atomic E-state index is 13.5. The molecule has 1 aliphatic rings. The van der Waals surface area contributed by atoms with Gasteiger partial charge in [0.15, 0.2) is 0 Å². The Bertz CT molecular complexity index is 1280. The van der Waals surface area contributed by atoms with Gasteiger partial charge >= 0.3 is 17.9 Å². The summed E-state index contributed by atoms with van der Waals surface area (Å²) in [5.74, 6) is -6.71. The van der Waals surface area contributed by atoms with Crippen molar-refractivity contribution < 1.29 is 58.6 Å². The lowest BCUT2D eigenvalue weighted by Crippen LogP contribution is -2.46. The first-order valence-corrected chi connectivity index (χ1v) is 16.5. The number of hydrogen-bond acceptors (Lipinski definition) is 11. The smallest absolute Gasteiger partial charge is 0.373 e. The molecule has 12 nitrogen and oxygen atoms in total. The van der Waals surface area contributed by atoms with Gasteiger partial charge in [0.05, 0.1) is 25.4 Å².